The molecule has 0 spiro atoms. The van der Waals surface area contributed by atoms with E-state index < -0.39 is 39.7 Å². The number of imide groups is 1. The minimum Gasteiger partial charge on any atom is -0.464 e. The SMILES string of the molecule is COC(=O)C1=NN=C(C(=O)NCCC[SiH2]C(C)C)C2C1C1C3C=CC(C4C(=O)N(CCNS(=O)(=O)c5cccc6c(N(C)C)cccc56)C(=O)C34)C21. The molecular formula is C37H46N6O7SSi. The van der Waals surface area contributed by atoms with E-state index in [4.69, 9.17) is 4.74 Å². The summed E-state index contributed by atoms with van der Waals surface area (Å²) in [5, 5.41) is 12.8. The molecule has 13 nitrogen and oxygen atoms in total. The number of carbonyl (C=O) groups is 4. The number of methoxy groups -OCH3 is 1. The molecule has 8 unspecified atom stereocenters. The molecule has 3 amide bonds. The number of sulfonamides is 1. The molecule has 2 N–H and O–H groups in total. The largest absolute Gasteiger partial charge is 0.464 e. The smallest absolute Gasteiger partial charge is 0.354 e. The second-order valence-electron chi connectivity index (χ2n) is 15.2. The van der Waals surface area contributed by atoms with Crippen LogP contribution in [0, 0.1) is 47.3 Å². The fraction of sp³-hybridized carbons (Fsp3) is 0.514. The number of hydrogen-bond donors (Lipinski definition) is 2. The van der Waals surface area contributed by atoms with Gasteiger partial charge in [-0.15, -0.1) is 10.2 Å². The van der Waals surface area contributed by atoms with Gasteiger partial charge in [-0.3, -0.25) is 19.3 Å². The summed E-state index contributed by atoms with van der Waals surface area (Å²) in [7, 11) is 0.878. The molecular weight excluding hydrogens is 701 g/mol. The first kappa shape index (κ1) is 36.2. The first-order valence-corrected chi connectivity index (χ1v) is 21.4. The van der Waals surface area contributed by atoms with Crippen molar-refractivity contribution in [3.8, 4) is 0 Å². The Morgan fingerprint density at radius 3 is 2.15 bits per heavy atom. The molecule has 8 rings (SSSR count). The second kappa shape index (κ2) is 14.0. The second-order valence-corrected chi connectivity index (χ2v) is 19.8. The number of ether oxygens (including phenoxy) is 1. The predicted molar refractivity (Wildman–Crippen MR) is 200 cm³/mol. The van der Waals surface area contributed by atoms with E-state index in [-0.39, 0.29) is 80.3 Å². The fourth-order valence-corrected chi connectivity index (χ4v) is 12.1. The topological polar surface area (TPSA) is 167 Å². The van der Waals surface area contributed by atoms with E-state index in [9.17, 15) is 27.6 Å². The highest BCUT2D eigenvalue weighted by atomic mass is 32.2. The monoisotopic (exact) mass is 746 g/mol. The summed E-state index contributed by atoms with van der Waals surface area (Å²) in [6.07, 6.45) is 4.85. The number of nitrogens with one attached hydrogen (secondary N) is 2. The molecule has 1 saturated heterocycles. The maximum Gasteiger partial charge on any atom is 0.354 e. The van der Waals surface area contributed by atoms with Gasteiger partial charge in [0, 0.05) is 71.5 Å². The average Bonchev–Trinajstić information content (AvgIpc) is 3.37. The van der Waals surface area contributed by atoms with Crippen molar-refractivity contribution in [3.63, 3.8) is 0 Å². The Kier molecular flexibility index (Phi) is 9.72. The number of benzene rings is 2. The van der Waals surface area contributed by atoms with Gasteiger partial charge in [-0.2, -0.15) is 0 Å². The number of carbonyl (C=O) groups excluding carboxylic acids is 4. The Labute approximate surface area is 306 Å². The number of fused-ring (bicyclic) bond motifs is 2. The van der Waals surface area contributed by atoms with Gasteiger partial charge in [0.05, 0.1) is 23.8 Å². The Morgan fingerprint density at radius 2 is 1.52 bits per heavy atom. The van der Waals surface area contributed by atoms with Crippen molar-refractivity contribution in [1.29, 1.82) is 0 Å². The van der Waals surface area contributed by atoms with Crippen molar-refractivity contribution >= 4 is 71.1 Å². The van der Waals surface area contributed by atoms with Crippen LogP contribution in [0.15, 0.2) is 63.6 Å². The van der Waals surface area contributed by atoms with Crippen molar-refractivity contribution in [2.45, 2.75) is 36.7 Å². The van der Waals surface area contributed by atoms with E-state index in [1.165, 1.54) is 12.0 Å². The van der Waals surface area contributed by atoms with Crippen LogP contribution in [0.3, 0.4) is 0 Å². The van der Waals surface area contributed by atoms with Crippen molar-refractivity contribution in [2.75, 3.05) is 45.7 Å². The molecule has 2 bridgehead atoms. The van der Waals surface area contributed by atoms with Crippen molar-refractivity contribution in [3.05, 3.63) is 48.6 Å². The van der Waals surface area contributed by atoms with E-state index >= 15 is 0 Å². The average molecular weight is 747 g/mol. The molecule has 15 heteroatoms. The summed E-state index contributed by atoms with van der Waals surface area (Å²) in [5.41, 5.74) is 1.99. The zero-order valence-electron chi connectivity index (χ0n) is 30.1. The van der Waals surface area contributed by atoms with E-state index in [2.05, 4.69) is 34.1 Å². The normalized spacial score (nSPS) is 28.8. The molecule has 4 aliphatic carbocycles. The van der Waals surface area contributed by atoms with E-state index in [1.807, 2.05) is 49.3 Å². The van der Waals surface area contributed by atoms with Gasteiger partial charge in [0.25, 0.3) is 5.91 Å². The fourth-order valence-electron chi connectivity index (χ4n) is 9.49. The van der Waals surface area contributed by atoms with Crippen LogP contribution >= 0.6 is 0 Å². The molecule has 2 aliphatic heterocycles. The van der Waals surface area contributed by atoms with Crippen LogP contribution in [0.5, 0.6) is 0 Å². The lowest BCUT2D eigenvalue weighted by Crippen LogP contribution is -2.68. The lowest BCUT2D eigenvalue weighted by atomic mass is 9.38. The zero-order chi connectivity index (χ0) is 37.1. The Bertz CT molecular complexity index is 2030. The predicted octanol–water partition coefficient (Wildman–Crippen LogP) is 1.98. The Morgan fingerprint density at radius 1 is 0.904 bits per heavy atom. The number of allylic oxidation sites excluding steroid dienone is 2. The first-order valence-electron chi connectivity index (χ1n) is 18.1. The quantitative estimate of drug-likeness (QED) is 0.103. The number of anilines is 1. The molecule has 2 aromatic carbocycles. The summed E-state index contributed by atoms with van der Waals surface area (Å²) in [5.74, 6) is -4.95. The molecule has 276 valence electrons. The maximum atomic E-state index is 14.0. The molecule has 0 radical (unpaired) electrons. The number of rotatable bonds is 13. The Balaban J connectivity index is 1.08. The van der Waals surface area contributed by atoms with Crippen molar-refractivity contribution in [1.82, 2.24) is 14.9 Å². The van der Waals surface area contributed by atoms with Crippen LogP contribution in [0.2, 0.25) is 11.6 Å². The van der Waals surface area contributed by atoms with Gasteiger partial charge in [-0.05, 0) is 42.2 Å². The van der Waals surface area contributed by atoms with Crippen LogP contribution in [0.1, 0.15) is 20.3 Å². The van der Waals surface area contributed by atoms with Gasteiger partial charge < -0.3 is 15.0 Å². The van der Waals surface area contributed by atoms with E-state index in [0.29, 0.717) is 17.5 Å². The highest BCUT2D eigenvalue weighted by molar-refractivity contribution is 7.89. The standard InChI is InChI=1S/C37H46N6O7SSi/c1-19(2)52-18-8-15-38-34(44)32-30-26-22-13-14-23(27(26)31(30)33(41-40-32)37(47)50-5)29-28(22)35(45)43(36(29)46)17-16-39-51(48,49)25-12-7-9-20-21(25)10-6-11-24(20)42(3)4/h6-7,9-14,19,22-23,26-31,39H,8,15-18,52H2,1-5H3,(H,38,44). The van der Waals surface area contributed by atoms with Gasteiger partial charge in [0.15, 0.2) is 5.71 Å². The van der Waals surface area contributed by atoms with E-state index in [0.717, 1.165) is 23.5 Å². The number of amides is 3. The van der Waals surface area contributed by atoms with Gasteiger partial charge in [-0.1, -0.05) is 61.9 Å². The van der Waals surface area contributed by atoms with Gasteiger partial charge in [0.1, 0.15) is 5.71 Å². The number of nitrogens with zero attached hydrogens (tertiary/aromatic N) is 4. The minimum absolute atomic E-state index is 0.116. The van der Waals surface area contributed by atoms with Crippen LogP contribution in [0.25, 0.3) is 10.8 Å². The summed E-state index contributed by atoms with van der Waals surface area (Å²) in [4.78, 5) is 57.7. The Hall–Kier alpha value is -4.21. The molecule has 2 aromatic rings. The summed E-state index contributed by atoms with van der Waals surface area (Å²) in [6.45, 7) is 4.69. The highest BCUT2D eigenvalue weighted by Crippen LogP contribution is 2.67. The molecule has 8 atom stereocenters. The molecule has 3 fully saturated rings. The third-order valence-corrected chi connectivity index (χ3v) is 15.3. The lowest BCUT2D eigenvalue weighted by molar-refractivity contribution is -0.146. The molecule has 6 aliphatic rings. The van der Waals surface area contributed by atoms with Crippen LogP contribution in [0.4, 0.5) is 5.69 Å². The molecule has 2 heterocycles. The van der Waals surface area contributed by atoms with Gasteiger partial charge in [0.2, 0.25) is 21.8 Å². The summed E-state index contributed by atoms with van der Waals surface area (Å²) >= 11 is 0. The van der Waals surface area contributed by atoms with Gasteiger partial charge in [-0.25, -0.2) is 17.9 Å². The maximum absolute atomic E-state index is 14.0. The lowest BCUT2D eigenvalue weighted by Gasteiger charge is -2.64. The molecule has 52 heavy (non-hydrogen) atoms. The molecule has 0 aromatic heterocycles. The zero-order valence-corrected chi connectivity index (χ0v) is 32.3. The van der Waals surface area contributed by atoms with Crippen LogP contribution < -0.4 is 14.9 Å². The van der Waals surface area contributed by atoms with E-state index in [1.54, 1.807) is 18.2 Å². The number of hydrogen-bond acceptors (Lipinski definition) is 10. The number of esters is 1. The molecule has 2 saturated carbocycles. The first-order chi connectivity index (χ1) is 24.9. The van der Waals surface area contributed by atoms with Crippen LogP contribution in [-0.4, -0.2) is 98.8 Å². The summed E-state index contributed by atoms with van der Waals surface area (Å²) < 4.78 is 34.8. The minimum atomic E-state index is -3.99. The summed E-state index contributed by atoms with van der Waals surface area (Å²) in [6, 6.07) is 11.7. The third kappa shape index (κ3) is 5.90. The third-order valence-electron chi connectivity index (χ3n) is 11.7. The van der Waals surface area contributed by atoms with Crippen molar-refractivity contribution in [2.24, 2.45) is 57.5 Å². The highest BCUT2D eigenvalue weighted by Gasteiger charge is 2.72. The van der Waals surface area contributed by atoms with Crippen LogP contribution in [-0.2, 0) is 33.9 Å². The van der Waals surface area contributed by atoms with Gasteiger partial charge >= 0.3 is 5.97 Å². The number of likely N-dealkylation sites (tertiary alicyclic amines) is 1. The van der Waals surface area contributed by atoms with Crippen molar-refractivity contribution < 1.29 is 32.3 Å².